The molecule has 154 valence electrons. The zero-order chi connectivity index (χ0) is 21.2. The van der Waals surface area contributed by atoms with E-state index in [1.165, 1.54) is 30.3 Å². The molecule has 3 rings (SSSR count). The molecule has 2 aromatic carbocycles. The van der Waals surface area contributed by atoms with Crippen LogP contribution >= 0.6 is 23.5 Å². The van der Waals surface area contributed by atoms with Gasteiger partial charge in [0.1, 0.15) is 0 Å². The number of amides is 2. The summed E-state index contributed by atoms with van der Waals surface area (Å²) in [5, 5.41) is 4.16. The van der Waals surface area contributed by atoms with Crippen LogP contribution in [0.4, 0.5) is 33.3 Å². The average molecular weight is 448 g/mol. The number of nitrogens with one attached hydrogen (secondary N) is 2. The van der Waals surface area contributed by atoms with Crippen molar-refractivity contribution in [1.82, 2.24) is 0 Å². The van der Waals surface area contributed by atoms with E-state index in [1.54, 1.807) is 0 Å². The van der Waals surface area contributed by atoms with E-state index in [9.17, 15) is 31.5 Å². The van der Waals surface area contributed by atoms with Gasteiger partial charge in [-0.2, -0.15) is 22.0 Å². The first-order valence-corrected chi connectivity index (χ1v) is 9.91. The maximum Gasteiger partial charge on any atom is 0.416 e. The molecule has 11 heteroatoms. The van der Waals surface area contributed by atoms with Crippen molar-refractivity contribution in [3.05, 3.63) is 48.0 Å². The van der Waals surface area contributed by atoms with Crippen LogP contribution in [0.5, 0.6) is 0 Å². The van der Waals surface area contributed by atoms with Crippen molar-refractivity contribution in [2.75, 3.05) is 10.6 Å². The Labute approximate surface area is 170 Å². The fourth-order valence-corrected chi connectivity index (χ4v) is 4.15. The third-order valence-electron chi connectivity index (χ3n) is 3.86. The van der Waals surface area contributed by atoms with Gasteiger partial charge in [-0.1, -0.05) is 11.8 Å². The minimum absolute atomic E-state index is 0.0543. The normalized spacial score (nSPS) is 16.3. The van der Waals surface area contributed by atoms with Crippen LogP contribution in [0.25, 0.3) is 0 Å². The van der Waals surface area contributed by atoms with Crippen molar-refractivity contribution < 1.29 is 31.5 Å². The lowest BCUT2D eigenvalue weighted by atomic mass is 10.1. The predicted molar refractivity (Wildman–Crippen MR) is 101 cm³/mol. The smallest absolute Gasteiger partial charge is 0.326 e. The topological polar surface area (TPSA) is 58.2 Å². The van der Waals surface area contributed by atoms with Crippen LogP contribution in [0.1, 0.15) is 12.0 Å². The van der Waals surface area contributed by atoms with Crippen LogP contribution < -0.4 is 10.6 Å². The molecule has 0 unspecified atom stereocenters. The maximum atomic E-state index is 12.8. The van der Waals surface area contributed by atoms with Crippen LogP contribution in [0.3, 0.4) is 0 Å². The Hall–Kier alpha value is -2.27. The van der Waals surface area contributed by atoms with Gasteiger partial charge in [-0.25, -0.2) is 0 Å². The van der Waals surface area contributed by atoms with Crippen LogP contribution in [-0.4, -0.2) is 22.8 Å². The molecule has 2 amide bonds. The second kappa shape index (κ2) is 8.62. The Morgan fingerprint density at radius 2 is 1.86 bits per heavy atom. The molecule has 0 saturated carbocycles. The van der Waals surface area contributed by atoms with Crippen molar-refractivity contribution in [1.29, 1.82) is 0 Å². The molecule has 1 heterocycles. The monoisotopic (exact) mass is 448 g/mol. The van der Waals surface area contributed by atoms with Crippen LogP contribution in [-0.2, 0) is 15.8 Å². The van der Waals surface area contributed by atoms with E-state index in [4.69, 9.17) is 0 Å². The first kappa shape index (κ1) is 21.4. The third kappa shape index (κ3) is 5.63. The van der Waals surface area contributed by atoms with Crippen molar-refractivity contribution in [3.63, 3.8) is 0 Å². The van der Waals surface area contributed by atoms with Gasteiger partial charge in [0.25, 0.3) is 5.76 Å². The quantitative estimate of drug-likeness (QED) is 0.471. The molecule has 2 N–H and O–H groups in total. The molecule has 0 radical (unpaired) electrons. The van der Waals surface area contributed by atoms with Crippen molar-refractivity contribution in [2.24, 2.45) is 0 Å². The zero-order valence-electron chi connectivity index (χ0n) is 14.4. The molecule has 2 aromatic rings. The first-order chi connectivity index (χ1) is 13.6. The molecule has 0 bridgehead atoms. The molecule has 0 aromatic heterocycles. The second-order valence-electron chi connectivity index (χ2n) is 5.96. The molecule has 1 atom stereocenters. The molecule has 29 heavy (non-hydrogen) atoms. The number of benzene rings is 2. The maximum absolute atomic E-state index is 12.8. The van der Waals surface area contributed by atoms with Crippen LogP contribution in [0.15, 0.2) is 52.3 Å². The Kier molecular flexibility index (Phi) is 6.37. The van der Waals surface area contributed by atoms with Crippen molar-refractivity contribution in [2.45, 2.75) is 33.4 Å². The number of halogens is 5. The highest BCUT2D eigenvalue weighted by molar-refractivity contribution is 8.01. The summed E-state index contributed by atoms with van der Waals surface area (Å²) in [7, 11) is 0. The number of fused-ring (bicyclic) bond motifs is 1. The van der Waals surface area contributed by atoms with E-state index >= 15 is 0 Å². The van der Waals surface area contributed by atoms with E-state index in [-0.39, 0.29) is 12.1 Å². The summed E-state index contributed by atoms with van der Waals surface area (Å²) in [5.74, 6) is -3.60. The lowest BCUT2D eigenvalue weighted by Crippen LogP contribution is -2.32. The molecular weight excluding hydrogens is 435 g/mol. The number of hydrogen-bond donors (Lipinski definition) is 2. The Bertz CT molecular complexity index is 919. The van der Waals surface area contributed by atoms with E-state index in [1.807, 2.05) is 0 Å². The molecular formula is C18H13F5N2O2S2. The van der Waals surface area contributed by atoms with Gasteiger partial charge in [0.2, 0.25) is 11.8 Å². The highest BCUT2D eigenvalue weighted by atomic mass is 32.2. The number of carbonyl (C=O) groups excluding carboxylic acids is 2. The number of anilines is 2. The second-order valence-corrected chi connectivity index (χ2v) is 8.27. The highest BCUT2D eigenvalue weighted by Gasteiger charge is 2.34. The lowest BCUT2D eigenvalue weighted by molar-refractivity contribution is -0.137. The Morgan fingerprint density at radius 1 is 1.17 bits per heavy atom. The van der Waals surface area contributed by atoms with Gasteiger partial charge in [0.15, 0.2) is 0 Å². The number of hydrogen-bond acceptors (Lipinski definition) is 4. The van der Waals surface area contributed by atoms with E-state index in [2.05, 4.69) is 10.6 Å². The molecule has 0 spiro atoms. The van der Waals surface area contributed by atoms with Gasteiger partial charge in [0.05, 0.1) is 16.5 Å². The summed E-state index contributed by atoms with van der Waals surface area (Å²) in [4.78, 5) is 25.2. The minimum atomic E-state index is -4.52. The van der Waals surface area contributed by atoms with E-state index < -0.39 is 34.6 Å². The first-order valence-electron chi connectivity index (χ1n) is 8.15. The molecule has 4 nitrogen and oxygen atoms in total. The lowest BCUT2D eigenvalue weighted by Gasteiger charge is -2.24. The van der Waals surface area contributed by atoms with Gasteiger partial charge in [-0.05, 0) is 42.5 Å². The van der Waals surface area contributed by atoms with Gasteiger partial charge < -0.3 is 10.6 Å². The van der Waals surface area contributed by atoms with Gasteiger partial charge in [-0.3, -0.25) is 9.59 Å². The fourth-order valence-electron chi connectivity index (χ4n) is 2.56. The predicted octanol–water partition coefficient (Wildman–Crippen LogP) is 5.46. The molecule has 1 aliphatic heterocycles. The molecule has 0 fully saturated rings. The Balaban J connectivity index is 1.62. The summed E-state index contributed by atoms with van der Waals surface area (Å²) in [6.07, 6.45) is -4.73. The van der Waals surface area contributed by atoms with Crippen LogP contribution in [0.2, 0.25) is 0 Å². The summed E-state index contributed by atoms with van der Waals surface area (Å²) in [6.45, 7) is 0. The minimum Gasteiger partial charge on any atom is -0.326 e. The van der Waals surface area contributed by atoms with Gasteiger partial charge in [0, 0.05) is 21.9 Å². The number of rotatable bonds is 5. The summed E-state index contributed by atoms with van der Waals surface area (Å²) in [6, 6.07) is 8.82. The standard InChI is InChI=1S/C18H13F5N2O2S2/c19-17(20)28-11-4-2-10(3-5-11)24-15(26)8-14-16(27)25-12-7-9(18(21,22)23)1-6-13(12)29-14/h1-7,14,17H,8H2,(H,24,26)(H,25,27)/t14-/m0/s1. The summed E-state index contributed by atoms with van der Waals surface area (Å²) < 4.78 is 63.0. The Morgan fingerprint density at radius 3 is 2.48 bits per heavy atom. The summed E-state index contributed by atoms with van der Waals surface area (Å²) >= 11 is 1.38. The van der Waals surface area contributed by atoms with Crippen LogP contribution in [0, 0.1) is 0 Å². The zero-order valence-corrected chi connectivity index (χ0v) is 16.1. The molecule has 1 aliphatic rings. The van der Waals surface area contributed by atoms with Crippen molar-refractivity contribution >= 4 is 46.7 Å². The largest absolute Gasteiger partial charge is 0.416 e. The van der Waals surface area contributed by atoms with Gasteiger partial charge >= 0.3 is 6.18 Å². The number of alkyl halides is 5. The fraction of sp³-hybridized carbons (Fsp3) is 0.222. The third-order valence-corrected chi connectivity index (χ3v) is 5.86. The van der Waals surface area contributed by atoms with Gasteiger partial charge in [-0.15, -0.1) is 11.8 Å². The molecule has 0 saturated heterocycles. The average Bonchev–Trinajstić information content (AvgIpc) is 2.62. The number of carbonyl (C=O) groups is 2. The summed E-state index contributed by atoms with van der Waals surface area (Å²) in [5.41, 5.74) is -0.439. The van der Waals surface area contributed by atoms with E-state index in [0.717, 1.165) is 23.9 Å². The SMILES string of the molecule is O=C(C[C@@H]1Sc2ccc(C(F)(F)F)cc2NC1=O)Nc1ccc(SC(F)F)cc1. The highest BCUT2D eigenvalue weighted by Crippen LogP contribution is 2.40. The van der Waals surface area contributed by atoms with E-state index in [0.29, 0.717) is 27.2 Å². The molecule has 0 aliphatic carbocycles. The van der Waals surface area contributed by atoms with Crippen molar-refractivity contribution in [3.8, 4) is 0 Å². The number of thioether (sulfide) groups is 2.